The summed E-state index contributed by atoms with van der Waals surface area (Å²) >= 11 is 0. The predicted molar refractivity (Wildman–Crippen MR) is 76.0 cm³/mol. The maximum Gasteiger partial charge on any atom is 0.248 e. The van der Waals surface area contributed by atoms with Crippen molar-refractivity contribution in [2.75, 3.05) is 0 Å². The average Bonchev–Trinajstić information content (AvgIpc) is 2.99. The van der Waals surface area contributed by atoms with Crippen LogP contribution >= 0.6 is 0 Å². The number of nitrogens with zero attached hydrogens (tertiary/aromatic N) is 2. The second kappa shape index (κ2) is 6.94. The van der Waals surface area contributed by atoms with E-state index >= 15 is 0 Å². The molecule has 3 nitrogen and oxygen atoms in total. The van der Waals surface area contributed by atoms with Crippen molar-refractivity contribution in [2.24, 2.45) is 0 Å². The van der Waals surface area contributed by atoms with E-state index in [2.05, 4.69) is 16.1 Å². The van der Waals surface area contributed by atoms with Crippen molar-refractivity contribution in [1.82, 2.24) is 10.2 Å². The number of benzene rings is 2. The van der Waals surface area contributed by atoms with E-state index in [-0.39, 0.29) is 18.6 Å². The number of rotatable bonds is 3. The molecule has 0 saturated carbocycles. The van der Waals surface area contributed by atoms with Crippen molar-refractivity contribution in [3.8, 4) is 28.8 Å². The van der Waals surface area contributed by atoms with Crippen molar-refractivity contribution in [3.63, 3.8) is 0 Å². The maximum absolute atomic E-state index is 6.97. The molecular weight excluding hydrogens is 299 g/mol. The normalized spacial score (nSPS) is 9.67. The first-order chi connectivity index (χ1) is 9.86. The molecule has 4 heteroatoms. The van der Waals surface area contributed by atoms with Crippen LogP contribution in [0.5, 0.6) is 0 Å². The fraction of sp³-hybridized carbons (Fsp3) is 0.0588. The van der Waals surface area contributed by atoms with Gasteiger partial charge in [0.2, 0.25) is 11.8 Å². The summed E-state index contributed by atoms with van der Waals surface area (Å²) in [5, 5.41) is 8.13. The SMILES string of the molecule is [C-]#CCc1ccc(-c2nnc(-c3ccccc3)o2)cc1.[V]. The molecule has 0 bridgehead atoms. The quantitative estimate of drug-likeness (QED) is 0.549. The van der Waals surface area contributed by atoms with Crippen molar-refractivity contribution in [1.29, 1.82) is 0 Å². The van der Waals surface area contributed by atoms with Crippen LogP contribution in [0.3, 0.4) is 0 Å². The van der Waals surface area contributed by atoms with Gasteiger partial charge in [-0.15, -0.1) is 10.2 Å². The summed E-state index contributed by atoms with van der Waals surface area (Å²) in [4.78, 5) is 0. The van der Waals surface area contributed by atoms with E-state index in [1.54, 1.807) is 0 Å². The second-order valence-corrected chi connectivity index (χ2v) is 4.33. The van der Waals surface area contributed by atoms with E-state index in [9.17, 15) is 0 Å². The molecule has 0 unspecified atom stereocenters. The van der Waals surface area contributed by atoms with Gasteiger partial charge in [-0.1, -0.05) is 30.3 Å². The molecule has 3 rings (SSSR count). The smallest absolute Gasteiger partial charge is 0.248 e. The van der Waals surface area contributed by atoms with E-state index in [4.69, 9.17) is 10.8 Å². The molecule has 1 radical (unpaired) electrons. The monoisotopic (exact) mass is 310 g/mol. The molecule has 1 heterocycles. The molecule has 0 aliphatic rings. The minimum absolute atomic E-state index is 0. The molecule has 0 amide bonds. The largest absolute Gasteiger partial charge is 0.693 e. The Morgan fingerprint density at radius 1 is 0.857 bits per heavy atom. The van der Waals surface area contributed by atoms with E-state index in [0.717, 1.165) is 16.7 Å². The van der Waals surface area contributed by atoms with Crippen LogP contribution in [0, 0.1) is 12.3 Å². The van der Waals surface area contributed by atoms with Crippen LogP contribution in [0.15, 0.2) is 59.0 Å². The summed E-state index contributed by atoms with van der Waals surface area (Å²) in [6.45, 7) is 0. The van der Waals surface area contributed by atoms with Gasteiger partial charge in [-0.25, -0.2) is 0 Å². The Morgan fingerprint density at radius 2 is 1.43 bits per heavy atom. The van der Waals surface area contributed by atoms with Crippen LogP contribution in [0.2, 0.25) is 0 Å². The summed E-state index contributed by atoms with van der Waals surface area (Å²) in [7, 11) is 0. The summed E-state index contributed by atoms with van der Waals surface area (Å²) in [6.07, 6.45) is 7.48. The molecule has 0 aliphatic heterocycles. The van der Waals surface area contributed by atoms with Gasteiger partial charge in [0.05, 0.1) is 0 Å². The van der Waals surface area contributed by atoms with Gasteiger partial charge in [0.1, 0.15) is 0 Å². The van der Waals surface area contributed by atoms with E-state index in [1.165, 1.54) is 0 Å². The van der Waals surface area contributed by atoms with Gasteiger partial charge in [0, 0.05) is 29.7 Å². The minimum Gasteiger partial charge on any atom is -0.693 e. The predicted octanol–water partition coefficient (Wildman–Crippen LogP) is 3.53. The third-order valence-electron chi connectivity index (χ3n) is 2.94. The number of hydrogen-bond donors (Lipinski definition) is 0. The second-order valence-electron chi connectivity index (χ2n) is 4.33. The Hall–Kier alpha value is -2.28. The molecule has 0 spiro atoms. The Morgan fingerprint density at radius 3 is 2.00 bits per heavy atom. The molecule has 0 fully saturated rings. The molecule has 21 heavy (non-hydrogen) atoms. The van der Waals surface area contributed by atoms with Crippen LogP contribution in [0.4, 0.5) is 0 Å². The fourth-order valence-electron chi connectivity index (χ4n) is 1.90. The van der Waals surface area contributed by atoms with Gasteiger partial charge in [0.15, 0.2) is 0 Å². The van der Waals surface area contributed by atoms with Crippen molar-refractivity contribution < 1.29 is 23.0 Å². The first kappa shape index (κ1) is 15.1. The van der Waals surface area contributed by atoms with Gasteiger partial charge in [-0.05, 0) is 36.2 Å². The fourth-order valence-corrected chi connectivity index (χ4v) is 1.90. The van der Waals surface area contributed by atoms with Crippen LogP contribution < -0.4 is 0 Å². The van der Waals surface area contributed by atoms with Crippen molar-refractivity contribution >= 4 is 0 Å². The van der Waals surface area contributed by atoms with Gasteiger partial charge in [-0.3, -0.25) is 0 Å². The molecule has 0 saturated heterocycles. The van der Waals surface area contributed by atoms with Crippen LogP contribution in [-0.4, -0.2) is 10.2 Å². The van der Waals surface area contributed by atoms with E-state index in [0.29, 0.717) is 18.2 Å². The van der Waals surface area contributed by atoms with Crippen LogP contribution in [0.1, 0.15) is 5.56 Å². The van der Waals surface area contributed by atoms with Crippen molar-refractivity contribution in [3.05, 3.63) is 66.6 Å². The maximum atomic E-state index is 6.97. The minimum atomic E-state index is 0. The molecule has 0 N–H and O–H groups in total. The molecule has 2 aromatic carbocycles. The molecule has 1 aromatic heterocycles. The Balaban J connectivity index is 0.00000161. The average molecular weight is 310 g/mol. The zero-order chi connectivity index (χ0) is 13.8. The van der Waals surface area contributed by atoms with E-state index in [1.807, 2.05) is 54.6 Å². The van der Waals surface area contributed by atoms with Crippen LogP contribution in [0.25, 0.3) is 22.9 Å². The summed E-state index contributed by atoms with van der Waals surface area (Å²) in [5.41, 5.74) is 2.81. The van der Waals surface area contributed by atoms with Crippen LogP contribution in [-0.2, 0) is 25.0 Å². The molecular formula is C17H11N2OV-. The van der Waals surface area contributed by atoms with Crippen molar-refractivity contribution in [2.45, 2.75) is 6.42 Å². The van der Waals surface area contributed by atoms with Gasteiger partial charge < -0.3 is 16.8 Å². The Labute approximate surface area is 135 Å². The number of aromatic nitrogens is 2. The topological polar surface area (TPSA) is 38.9 Å². The zero-order valence-corrected chi connectivity index (χ0v) is 12.5. The molecule has 0 atom stereocenters. The Kier molecular flexibility index (Phi) is 5.00. The number of hydrogen-bond acceptors (Lipinski definition) is 3. The Bertz CT molecular complexity index is 742. The van der Waals surface area contributed by atoms with Gasteiger partial charge in [-0.2, -0.15) is 0 Å². The van der Waals surface area contributed by atoms with E-state index < -0.39 is 0 Å². The molecule has 101 valence electrons. The first-order valence-electron chi connectivity index (χ1n) is 6.24. The summed E-state index contributed by atoms with van der Waals surface area (Å²) < 4.78 is 5.68. The third-order valence-corrected chi connectivity index (χ3v) is 2.94. The summed E-state index contributed by atoms with van der Waals surface area (Å²) in [5.74, 6) is 3.37. The molecule has 3 aromatic rings. The third kappa shape index (κ3) is 3.43. The van der Waals surface area contributed by atoms with Gasteiger partial charge >= 0.3 is 0 Å². The molecule has 0 aliphatic carbocycles. The zero-order valence-electron chi connectivity index (χ0n) is 11.2. The summed E-state index contributed by atoms with van der Waals surface area (Å²) in [6, 6.07) is 17.4. The standard InChI is InChI=1S/C17H11N2O.V/c1-2-6-13-9-11-15(12-10-13)17-19-18-16(20-17)14-7-4-3-5-8-14;/h3-5,7-12H,6H2;/q-1;. The van der Waals surface area contributed by atoms with Gasteiger partial charge in [0.25, 0.3) is 0 Å². The first-order valence-corrected chi connectivity index (χ1v) is 6.24.